The number of carbonyl (C=O) groups excluding carboxylic acids is 2. The maximum atomic E-state index is 11.4. The van der Waals surface area contributed by atoms with Crippen molar-refractivity contribution in [3.8, 4) is 0 Å². The Morgan fingerprint density at radius 3 is 2.69 bits per heavy atom. The zero-order valence-corrected chi connectivity index (χ0v) is 9.41. The van der Waals surface area contributed by atoms with Gasteiger partial charge in [-0.25, -0.2) is 0 Å². The van der Waals surface area contributed by atoms with Crippen molar-refractivity contribution in [2.24, 2.45) is 0 Å². The number of hydrogen-bond donors (Lipinski definition) is 1. The van der Waals surface area contributed by atoms with Crippen molar-refractivity contribution in [2.75, 3.05) is 26.3 Å². The SMILES string of the molecule is O=C1COCC(=O)N1CCCC1CCCN1. The van der Waals surface area contributed by atoms with Crippen molar-refractivity contribution in [1.82, 2.24) is 10.2 Å². The molecular formula is C11H18N2O3. The van der Waals surface area contributed by atoms with Crippen molar-refractivity contribution < 1.29 is 14.3 Å². The highest BCUT2D eigenvalue weighted by Gasteiger charge is 2.26. The van der Waals surface area contributed by atoms with E-state index in [0.717, 1.165) is 19.4 Å². The molecule has 0 aliphatic carbocycles. The quantitative estimate of drug-likeness (QED) is 0.680. The van der Waals surface area contributed by atoms with Crippen LogP contribution in [0.3, 0.4) is 0 Å². The van der Waals surface area contributed by atoms with E-state index in [4.69, 9.17) is 4.74 Å². The van der Waals surface area contributed by atoms with Crippen molar-refractivity contribution in [2.45, 2.75) is 31.7 Å². The molecule has 0 spiro atoms. The zero-order chi connectivity index (χ0) is 11.4. The van der Waals surface area contributed by atoms with Gasteiger partial charge in [0.2, 0.25) is 0 Å². The molecule has 2 heterocycles. The molecule has 0 aromatic rings. The van der Waals surface area contributed by atoms with Crippen LogP contribution < -0.4 is 5.32 Å². The fraction of sp³-hybridized carbons (Fsp3) is 0.818. The number of morpholine rings is 1. The average molecular weight is 226 g/mol. The molecule has 2 fully saturated rings. The first kappa shape index (κ1) is 11.5. The van der Waals surface area contributed by atoms with E-state index in [1.807, 2.05) is 0 Å². The third-order valence-electron chi connectivity index (χ3n) is 3.15. The van der Waals surface area contributed by atoms with Crippen LogP contribution in [0.25, 0.3) is 0 Å². The summed E-state index contributed by atoms with van der Waals surface area (Å²) in [6, 6.07) is 0.575. The standard InChI is InChI=1S/C11H18N2O3/c14-10-7-16-8-11(15)13(10)6-2-4-9-3-1-5-12-9/h9,12H,1-8H2. The normalized spacial score (nSPS) is 26.5. The Morgan fingerprint density at radius 1 is 1.31 bits per heavy atom. The van der Waals surface area contributed by atoms with Crippen LogP contribution in [0.4, 0.5) is 0 Å². The van der Waals surface area contributed by atoms with E-state index in [9.17, 15) is 9.59 Å². The Balaban J connectivity index is 1.71. The van der Waals surface area contributed by atoms with Gasteiger partial charge in [0, 0.05) is 12.6 Å². The molecule has 0 saturated carbocycles. The summed E-state index contributed by atoms with van der Waals surface area (Å²) in [6.07, 6.45) is 4.37. The molecule has 2 amide bonds. The molecule has 0 aromatic carbocycles. The second kappa shape index (κ2) is 5.41. The number of ether oxygens (including phenoxy) is 1. The minimum atomic E-state index is -0.198. The molecule has 16 heavy (non-hydrogen) atoms. The van der Waals surface area contributed by atoms with Crippen LogP contribution in [0.15, 0.2) is 0 Å². The van der Waals surface area contributed by atoms with E-state index in [2.05, 4.69) is 5.32 Å². The molecule has 90 valence electrons. The molecule has 2 rings (SSSR count). The maximum Gasteiger partial charge on any atom is 0.255 e. The zero-order valence-electron chi connectivity index (χ0n) is 9.41. The number of rotatable bonds is 4. The van der Waals surface area contributed by atoms with Crippen molar-refractivity contribution >= 4 is 11.8 Å². The lowest BCUT2D eigenvalue weighted by Crippen LogP contribution is -2.46. The lowest BCUT2D eigenvalue weighted by molar-refractivity contribution is -0.158. The molecule has 0 bridgehead atoms. The van der Waals surface area contributed by atoms with Crippen LogP contribution >= 0.6 is 0 Å². The molecule has 2 aliphatic heterocycles. The minimum Gasteiger partial charge on any atom is -0.362 e. The second-order valence-corrected chi connectivity index (χ2v) is 4.37. The fourth-order valence-electron chi connectivity index (χ4n) is 2.27. The summed E-state index contributed by atoms with van der Waals surface area (Å²) in [5, 5.41) is 3.40. The summed E-state index contributed by atoms with van der Waals surface area (Å²) in [5.41, 5.74) is 0. The number of imide groups is 1. The highest BCUT2D eigenvalue weighted by atomic mass is 16.5. The molecular weight excluding hydrogens is 208 g/mol. The summed E-state index contributed by atoms with van der Waals surface area (Å²) in [5.74, 6) is -0.397. The molecule has 1 atom stereocenters. The van der Waals surface area contributed by atoms with Crippen LogP contribution in [-0.4, -0.2) is 49.1 Å². The summed E-state index contributed by atoms with van der Waals surface area (Å²) in [6.45, 7) is 1.74. The molecule has 1 unspecified atom stereocenters. The van der Waals surface area contributed by atoms with Gasteiger partial charge in [0.25, 0.3) is 11.8 Å². The predicted octanol–water partition coefficient (Wildman–Crippen LogP) is -0.0960. The molecule has 5 heteroatoms. The molecule has 0 radical (unpaired) electrons. The van der Waals surface area contributed by atoms with E-state index in [-0.39, 0.29) is 25.0 Å². The Hall–Kier alpha value is -0.940. The summed E-state index contributed by atoms with van der Waals surface area (Å²) in [7, 11) is 0. The van der Waals surface area contributed by atoms with Gasteiger partial charge in [0.15, 0.2) is 0 Å². The number of amides is 2. The molecule has 0 aromatic heterocycles. The largest absolute Gasteiger partial charge is 0.362 e. The van der Waals surface area contributed by atoms with E-state index >= 15 is 0 Å². The first-order chi connectivity index (χ1) is 7.77. The lowest BCUT2D eigenvalue weighted by atomic mass is 10.1. The third kappa shape index (κ3) is 2.80. The average Bonchev–Trinajstić information content (AvgIpc) is 2.75. The van der Waals surface area contributed by atoms with Gasteiger partial charge in [-0.3, -0.25) is 14.5 Å². The van der Waals surface area contributed by atoms with Gasteiger partial charge in [0.1, 0.15) is 13.2 Å². The number of nitrogens with one attached hydrogen (secondary N) is 1. The van der Waals surface area contributed by atoms with Crippen LogP contribution in [0.5, 0.6) is 0 Å². The highest BCUT2D eigenvalue weighted by molar-refractivity contribution is 5.98. The first-order valence-electron chi connectivity index (χ1n) is 5.91. The van der Waals surface area contributed by atoms with Crippen LogP contribution in [0.2, 0.25) is 0 Å². The van der Waals surface area contributed by atoms with Gasteiger partial charge in [0.05, 0.1) is 0 Å². The van der Waals surface area contributed by atoms with E-state index in [1.165, 1.54) is 17.7 Å². The number of nitrogens with zero attached hydrogens (tertiary/aromatic N) is 1. The molecule has 1 N–H and O–H groups in total. The smallest absolute Gasteiger partial charge is 0.255 e. The van der Waals surface area contributed by atoms with Crippen LogP contribution in [0.1, 0.15) is 25.7 Å². The molecule has 2 aliphatic rings. The van der Waals surface area contributed by atoms with E-state index < -0.39 is 0 Å². The van der Waals surface area contributed by atoms with E-state index in [0.29, 0.717) is 12.6 Å². The lowest BCUT2D eigenvalue weighted by Gasteiger charge is -2.25. The van der Waals surface area contributed by atoms with Gasteiger partial charge in [-0.05, 0) is 32.2 Å². The van der Waals surface area contributed by atoms with Gasteiger partial charge in [-0.1, -0.05) is 0 Å². The van der Waals surface area contributed by atoms with Crippen molar-refractivity contribution in [3.63, 3.8) is 0 Å². The molecule has 5 nitrogen and oxygen atoms in total. The van der Waals surface area contributed by atoms with E-state index in [1.54, 1.807) is 0 Å². The van der Waals surface area contributed by atoms with Crippen LogP contribution in [0, 0.1) is 0 Å². The highest BCUT2D eigenvalue weighted by Crippen LogP contribution is 2.12. The third-order valence-corrected chi connectivity index (χ3v) is 3.15. The topological polar surface area (TPSA) is 58.6 Å². The Morgan fingerprint density at radius 2 is 2.06 bits per heavy atom. The predicted molar refractivity (Wildman–Crippen MR) is 57.8 cm³/mol. The first-order valence-corrected chi connectivity index (χ1v) is 5.91. The Labute approximate surface area is 95.1 Å². The summed E-state index contributed by atoms with van der Waals surface area (Å²) >= 11 is 0. The second-order valence-electron chi connectivity index (χ2n) is 4.37. The fourth-order valence-corrected chi connectivity index (χ4v) is 2.27. The molecule has 2 saturated heterocycles. The number of carbonyl (C=O) groups is 2. The number of hydrogen-bond acceptors (Lipinski definition) is 4. The van der Waals surface area contributed by atoms with Crippen molar-refractivity contribution in [3.05, 3.63) is 0 Å². The Bertz CT molecular complexity index is 258. The minimum absolute atomic E-state index is 0.0490. The van der Waals surface area contributed by atoms with Gasteiger partial charge in [-0.2, -0.15) is 0 Å². The summed E-state index contributed by atoms with van der Waals surface area (Å²) in [4.78, 5) is 24.1. The Kier molecular flexibility index (Phi) is 3.90. The van der Waals surface area contributed by atoms with Gasteiger partial charge in [-0.15, -0.1) is 0 Å². The monoisotopic (exact) mass is 226 g/mol. The van der Waals surface area contributed by atoms with Gasteiger partial charge >= 0.3 is 0 Å². The van der Waals surface area contributed by atoms with Crippen LogP contribution in [-0.2, 0) is 14.3 Å². The summed E-state index contributed by atoms with van der Waals surface area (Å²) < 4.78 is 4.85. The van der Waals surface area contributed by atoms with Crippen molar-refractivity contribution in [1.29, 1.82) is 0 Å². The maximum absolute atomic E-state index is 11.4. The van der Waals surface area contributed by atoms with Gasteiger partial charge < -0.3 is 10.1 Å².